The van der Waals surface area contributed by atoms with E-state index in [1.807, 2.05) is 19.1 Å². The Morgan fingerprint density at radius 1 is 1.48 bits per heavy atom. The minimum Gasteiger partial charge on any atom is -0.469 e. The molecule has 128 valence electrons. The van der Waals surface area contributed by atoms with Gasteiger partial charge in [-0.2, -0.15) is 0 Å². The van der Waals surface area contributed by atoms with Crippen LogP contribution in [0.4, 0.5) is 4.79 Å². The number of rotatable bonds is 5. The number of aliphatic imine (C=N–C) groups is 1. The lowest BCUT2D eigenvalue weighted by Gasteiger charge is -2.32. The summed E-state index contributed by atoms with van der Waals surface area (Å²) in [5, 5.41) is 6.70. The topological polar surface area (TPSA) is 79.1 Å². The van der Waals surface area contributed by atoms with Gasteiger partial charge in [-0.05, 0) is 31.9 Å². The van der Waals surface area contributed by atoms with Crippen LogP contribution in [0.3, 0.4) is 0 Å². The van der Waals surface area contributed by atoms with Gasteiger partial charge in [-0.1, -0.05) is 0 Å². The summed E-state index contributed by atoms with van der Waals surface area (Å²) in [6.45, 7) is 4.94. The predicted molar refractivity (Wildman–Crippen MR) is 88.5 cm³/mol. The van der Waals surface area contributed by atoms with E-state index >= 15 is 0 Å². The lowest BCUT2D eigenvalue weighted by atomic mass is 10.1. The van der Waals surface area contributed by atoms with E-state index in [0.29, 0.717) is 25.7 Å². The Hall–Kier alpha value is -2.18. The average Bonchev–Trinajstić information content (AvgIpc) is 3.08. The number of likely N-dealkylation sites (tertiary alicyclic amines) is 1. The zero-order valence-corrected chi connectivity index (χ0v) is 13.9. The number of methoxy groups -OCH3 is 1. The first-order chi connectivity index (χ1) is 11.2. The fraction of sp³-hybridized carbons (Fsp3) is 0.625. The third-order valence-corrected chi connectivity index (χ3v) is 3.82. The monoisotopic (exact) mass is 322 g/mol. The molecule has 0 saturated carbocycles. The third kappa shape index (κ3) is 5.50. The number of furan rings is 1. The van der Waals surface area contributed by atoms with Crippen LogP contribution < -0.4 is 10.6 Å². The molecule has 1 aromatic rings. The van der Waals surface area contributed by atoms with E-state index in [-0.39, 0.29) is 6.09 Å². The molecule has 7 nitrogen and oxygen atoms in total. The Kier molecular flexibility index (Phi) is 6.77. The second kappa shape index (κ2) is 9.07. The van der Waals surface area contributed by atoms with Crippen LogP contribution in [0.2, 0.25) is 0 Å². The average molecular weight is 322 g/mol. The van der Waals surface area contributed by atoms with Gasteiger partial charge in [-0.25, -0.2) is 4.79 Å². The van der Waals surface area contributed by atoms with Crippen molar-refractivity contribution in [1.29, 1.82) is 0 Å². The molecule has 0 atom stereocenters. The quantitative estimate of drug-likeness (QED) is 0.636. The molecule has 2 heterocycles. The minimum atomic E-state index is -0.248. The lowest BCUT2D eigenvalue weighted by Crippen LogP contribution is -2.49. The molecule has 2 N–H and O–H groups in total. The van der Waals surface area contributed by atoms with Crippen molar-refractivity contribution in [2.75, 3.05) is 33.3 Å². The Labute approximate surface area is 137 Å². The van der Waals surface area contributed by atoms with Crippen molar-refractivity contribution in [2.45, 2.75) is 32.2 Å². The first kappa shape index (κ1) is 17.2. The zero-order valence-electron chi connectivity index (χ0n) is 13.9. The minimum absolute atomic E-state index is 0.248. The SMILES string of the molecule is CCNC(=NCCc1ccco1)NC1CCN(C(=O)OC)CC1. The van der Waals surface area contributed by atoms with Crippen molar-refractivity contribution in [1.82, 2.24) is 15.5 Å². The third-order valence-electron chi connectivity index (χ3n) is 3.82. The Morgan fingerprint density at radius 3 is 2.87 bits per heavy atom. The van der Waals surface area contributed by atoms with Gasteiger partial charge in [0.1, 0.15) is 5.76 Å². The second-order valence-corrected chi connectivity index (χ2v) is 5.47. The highest BCUT2D eigenvalue weighted by molar-refractivity contribution is 5.80. The van der Waals surface area contributed by atoms with Gasteiger partial charge in [-0.15, -0.1) is 0 Å². The van der Waals surface area contributed by atoms with Gasteiger partial charge in [0.2, 0.25) is 0 Å². The van der Waals surface area contributed by atoms with E-state index in [1.165, 1.54) is 7.11 Å². The van der Waals surface area contributed by atoms with Gasteiger partial charge in [0.05, 0.1) is 13.4 Å². The smallest absolute Gasteiger partial charge is 0.409 e. The maximum absolute atomic E-state index is 11.5. The van der Waals surface area contributed by atoms with E-state index in [0.717, 1.165) is 37.5 Å². The zero-order chi connectivity index (χ0) is 16.5. The number of piperidine rings is 1. The molecular formula is C16H26N4O3. The fourth-order valence-corrected chi connectivity index (χ4v) is 2.58. The van der Waals surface area contributed by atoms with E-state index in [1.54, 1.807) is 11.2 Å². The summed E-state index contributed by atoms with van der Waals surface area (Å²) in [4.78, 5) is 17.8. The summed E-state index contributed by atoms with van der Waals surface area (Å²) < 4.78 is 10.1. The summed E-state index contributed by atoms with van der Waals surface area (Å²) in [5.41, 5.74) is 0. The van der Waals surface area contributed by atoms with Crippen molar-refractivity contribution >= 4 is 12.1 Å². The summed E-state index contributed by atoms with van der Waals surface area (Å²) in [6.07, 6.45) is 3.99. The standard InChI is InChI=1S/C16H26N4O3/c1-3-17-15(18-9-6-14-5-4-12-23-14)19-13-7-10-20(11-8-13)16(21)22-2/h4-5,12-13H,3,6-11H2,1-2H3,(H2,17,18,19). The highest BCUT2D eigenvalue weighted by atomic mass is 16.5. The maximum atomic E-state index is 11.5. The second-order valence-electron chi connectivity index (χ2n) is 5.47. The summed E-state index contributed by atoms with van der Waals surface area (Å²) >= 11 is 0. The Morgan fingerprint density at radius 2 is 2.26 bits per heavy atom. The number of hydrogen-bond donors (Lipinski definition) is 2. The molecule has 1 saturated heterocycles. The molecule has 0 radical (unpaired) electrons. The van der Waals surface area contributed by atoms with Gasteiger partial charge >= 0.3 is 6.09 Å². The number of hydrogen-bond acceptors (Lipinski definition) is 4. The van der Waals surface area contributed by atoms with Crippen LogP contribution in [0.15, 0.2) is 27.8 Å². The molecule has 1 aliphatic heterocycles. The molecule has 0 bridgehead atoms. The van der Waals surface area contributed by atoms with Crippen molar-refractivity contribution in [3.63, 3.8) is 0 Å². The molecule has 7 heteroatoms. The van der Waals surface area contributed by atoms with Gasteiger partial charge in [-0.3, -0.25) is 4.99 Å². The van der Waals surface area contributed by atoms with Crippen LogP contribution in [-0.2, 0) is 11.2 Å². The molecule has 1 fully saturated rings. The predicted octanol–water partition coefficient (Wildman–Crippen LogP) is 1.61. The molecule has 0 aromatic carbocycles. The number of nitrogens with zero attached hydrogens (tertiary/aromatic N) is 2. The molecule has 2 rings (SSSR count). The number of carbonyl (C=O) groups excluding carboxylic acids is 1. The van der Waals surface area contributed by atoms with Crippen LogP contribution in [0.5, 0.6) is 0 Å². The van der Waals surface area contributed by atoms with E-state index < -0.39 is 0 Å². The van der Waals surface area contributed by atoms with Gasteiger partial charge in [0.25, 0.3) is 0 Å². The molecule has 0 aliphatic carbocycles. The van der Waals surface area contributed by atoms with E-state index in [9.17, 15) is 4.79 Å². The number of amides is 1. The summed E-state index contributed by atoms with van der Waals surface area (Å²) in [5.74, 6) is 1.76. The van der Waals surface area contributed by atoms with Gasteiger partial charge in [0, 0.05) is 38.6 Å². The molecule has 0 spiro atoms. The molecule has 1 aliphatic rings. The number of guanidine groups is 1. The maximum Gasteiger partial charge on any atom is 0.409 e. The fourth-order valence-electron chi connectivity index (χ4n) is 2.58. The van der Waals surface area contributed by atoms with E-state index in [4.69, 9.17) is 9.15 Å². The number of carbonyl (C=O) groups is 1. The number of nitrogens with one attached hydrogen (secondary N) is 2. The molecule has 23 heavy (non-hydrogen) atoms. The summed E-state index contributed by atoms with van der Waals surface area (Å²) in [7, 11) is 1.42. The first-order valence-corrected chi connectivity index (χ1v) is 8.13. The summed E-state index contributed by atoms with van der Waals surface area (Å²) in [6, 6.07) is 4.16. The number of ether oxygens (including phenoxy) is 1. The van der Waals surface area contributed by atoms with Gasteiger partial charge < -0.3 is 24.7 Å². The normalized spacial score (nSPS) is 16.3. The van der Waals surface area contributed by atoms with Crippen LogP contribution in [0, 0.1) is 0 Å². The van der Waals surface area contributed by atoms with Crippen LogP contribution >= 0.6 is 0 Å². The van der Waals surface area contributed by atoms with Gasteiger partial charge in [0.15, 0.2) is 5.96 Å². The highest BCUT2D eigenvalue weighted by Gasteiger charge is 2.23. The lowest BCUT2D eigenvalue weighted by molar-refractivity contribution is 0.111. The molecule has 1 amide bonds. The van der Waals surface area contributed by atoms with Crippen molar-refractivity contribution in [3.05, 3.63) is 24.2 Å². The van der Waals surface area contributed by atoms with E-state index in [2.05, 4.69) is 15.6 Å². The Balaban J connectivity index is 1.79. The molecule has 0 unspecified atom stereocenters. The molecule has 1 aromatic heterocycles. The Bertz CT molecular complexity index is 493. The largest absolute Gasteiger partial charge is 0.469 e. The highest BCUT2D eigenvalue weighted by Crippen LogP contribution is 2.11. The molecular weight excluding hydrogens is 296 g/mol. The van der Waals surface area contributed by atoms with Crippen molar-refractivity contribution in [2.24, 2.45) is 4.99 Å². The van der Waals surface area contributed by atoms with Crippen LogP contribution in [0.25, 0.3) is 0 Å². The van der Waals surface area contributed by atoms with Crippen molar-refractivity contribution < 1.29 is 13.9 Å². The van der Waals surface area contributed by atoms with Crippen molar-refractivity contribution in [3.8, 4) is 0 Å². The van der Waals surface area contributed by atoms with Crippen LogP contribution in [-0.4, -0.2) is 56.3 Å². The first-order valence-electron chi connectivity index (χ1n) is 8.13. The van der Waals surface area contributed by atoms with Crippen LogP contribution in [0.1, 0.15) is 25.5 Å².